The van der Waals surface area contributed by atoms with Crippen LogP contribution in [0.5, 0.6) is 0 Å². The zero-order valence-corrected chi connectivity index (χ0v) is 10.2. The molecule has 4 nitrogen and oxygen atoms in total. The Kier molecular flexibility index (Phi) is 2.80. The van der Waals surface area contributed by atoms with Gasteiger partial charge in [0.25, 0.3) is 0 Å². The highest BCUT2D eigenvalue weighted by molar-refractivity contribution is 5.87. The molecule has 0 spiro atoms. The third-order valence-corrected chi connectivity index (χ3v) is 3.54. The number of carboxylic acid groups (broad SMARTS) is 1. The van der Waals surface area contributed by atoms with E-state index in [9.17, 15) is 4.79 Å². The molecular formula is C15H13NO3. The first-order chi connectivity index (χ1) is 9.22. The molecular weight excluding hydrogens is 242 g/mol. The van der Waals surface area contributed by atoms with E-state index in [1.165, 1.54) is 0 Å². The van der Waals surface area contributed by atoms with Crippen molar-refractivity contribution in [1.29, 1.82) is 0 Å². The first-order valence-corrected chi connectivity index (χ1v) is 6.05. The highest BCUT2D eigenvalue weighted by Gasteiger charge is 2.43. The van der Waals surface area contributed by atoms with E-state index in [2.05, 4.69) is 4.98 Å². The van der Waals surface area contributed by atoms with E-state index in [0.717, 1.165) is 11.3 Å². The highest BCUT2D eigenvalue weighted by atomic mass is 16.5. The van der Waals surface area contributed by atoms with Crippen molar-refractivity contribution in [1.82, 2.24) is 4.98 Å². The molecule has 1 aromatic carbocycles. The summed E-state index contributed by atoms with van der Waals surface area (Å²) in [5, 5.41) is 8.93. The van der Waals surface area contributed by atoms with Crippen LogP contribution in [0, 0.1) is 0 Å². The van der Waals surface area contributed by atoms with E-state index in [1.807, 2.05) is 30.3 Å². The number of ether oxygens (including phenoxy) is 1. The number of hydrogen-bond donors (Lipinski definition) is 1. The van der Waals surface area contributed by atoms with Gasteiger partial charge in [-0.1, -0.05) is 18.2 Å². The monoisotopic (exact) mass is 255 g/mol. The fraction of sp³-hybridized carbons (Fsp3) is 0.200. The molecule has 0 unspecified atom stereocenters. The molecule has 1 saturated heterocycles. The molecule has 1 N–H and O–H groups in total. The smallest absolute Gasteiger partial charge is 0.335 e. The minimum atomic E-state index is -0.914. The van der Waals surface area contributed by atoms with Crippen molar-refractivity contribution in [2.45, 2.75) is 5.41 Å². The first kappa shape index (κ1) is 11.9. The van der Waals surface area contributed by atoms with E-state index in [4.69, 9.17) is 9.84 Å². The van der Waals surface area contributed by atoms with Crippen molar-refractivity contribution in [3.8, 4) is 0 Å². The topological polar surface area (TPSA) is 59.4 Å². The van der Waals surface area contributed by atoms with Crippen LogP contribution >= 0.6 is 0 Å². The van der Waals surface area contributed by atoms with Gasteiger partial charge in [0, 0.05) is 6.20 Å². The molecule has 0 aliphatic carbocycles. The number of nitrogens with zero attached hydrogens (tertiary/aromatic N) is 1. The fourth-order valence-electron chi connectivity index (χ4n) is 2.35. The second kappa shape index (κ2) is 4.48. The minimum Gasteiger partial charge on any atom is -0.478 e. The van der Waals surface area contributed by atoms with Crippen LogP contribution in [0.4, 0.5) is 0 Å². The third-order valence-electron chi connectivity index (χ3n) is 3.54. The number of rotatable bonds is 3. The van der Waals surface area contributed by atoms with Crippen molar-refractivity contribution >= 4 is 5.97 Å². The van der Waals surface area contributed by atoms with E-state index < -0.39 is 5.97 Å². The Labute approximate surface area is 110 Å². The average molecular weight is 255 g/mol. The van der Waals surface area contributed by atoms with Gasteiger partial charge in [-0.3, -0.25) is 4.98 Å². The lowest BCUT2D eigenvalue weighted by atomic mass is 9.75. The summed E-state index contributed by atoms with van der Waals surface area (Å²) in [5.41, 5.74) is 2.06. The third kappa shape index (κ3) is 1.90. The van der Waals surface area contributed by atoms with Gasteiger partial charge < -0.3 is 9.84 Å². The van der Waals surface area contributed by atoms with Crippen LogP contribution in [0.15, 0.2) is 48.7 Å². The maximum Gasteiger partial charge on any atom is 0.335 e. The van der Waals surface area contributed by atoms with Gasteiger partial charge in [0.1, 0.15) is 0 Å². The quantitative estimate of drug-likeness (QED) is 0.912. The van der Waals surface area contributed by atoms with Crippen LogP contribution < -0.4 is 0 Å². The molecule has 1 aromatic heterocycles. The Bertz CT molecular complexity index is 589. The summed E-state index contributed by atoms with van der Waals surface area (Å²) in [4.78, 5) is 15.3. The molecule has 2 heterocycles. The van der Waals surface area contributed by atoms with E-state index in [1.54, 1.807) is 18.3 Å². The summed E-state index contributed by atoms with van der Waals surface area (Å²) >= 11 is 0. The Morgan fingerprint density at radius 3 is 2.37 bits per heavy atom. The van der Waals surface area contributed by atoms with Crippen molar-refractivity contribution in [2.24, 2.45) is 0 Å². The maximum atomic E-state index is 10.9. The first-order valence-electron chi connectivity index (χ1n) is 6.05. The van der Waals surface area contributed by atoms with Gasteiger partial charge in [0.2, 0.25) is 0 Å². The van der Waals surface area contributed by atoms with E-state index in [0.29, 0.717) is 18.8 Å². The zero-order valence-electron chi connectivity index (χ0n) is 10.2. The zero-order chi connectivity index (χ0) is 13.3. The van der Waals surface area contributed by atoms with Crippen molar-refractivity contribution < 1.29 is 14.6 Å². The molecule has 96 valence electrons. The minimum absolute atomic E-state index is 0.238. The van der Waals surface area contributed by atoms with Gasteiger partial charge >= 0.3 is 5.97 Å². The second-order valence-electron chi connectivity index (χ2n) is 4.67. The molecule has 3 rings (SSSR count). The highest BCUT2D eigenvalue weighted by Crippen LogP contribution is 2.37. The van der Waals surface area contributed by atoms with Crippen LogP contribution in [0.3, 0.4) is 0 Å². The maximum absolute atomic E-state index is 10.9. The lowest BCUT2D eigenvalue weighted by molar-refractivity contribution is -0.0400. The fourth-order valence-corrected chi connectivity index (χ4v) is 2.35. The van der Waals surface area contributed by atoms with Gasteiger partial charge in [-0.15, -0.1) is 0 Å². The molecule has 19 heavy (non-hydrogen) atoms. The second-order valence-corrected chi connectivity index (χ2v) is 4.67. The number of aromatic nitrogens is 1. The van der Waals surface area contributed by atoms with Crippen LogP contribution in [0.25, 0.3) is 0 Å². The van der Waals surface area contributed by atoms with E-state index >= 15 is 0 Å². The molecule has 0 atom stereocenters. The predicted octanol–water partition coefficient (Wildman–Crippen LogP) is 2.10. The molecule has 1 aliphatic heterocycles. The number of carboxylic acids is 1. The van der Waals surface area contributed by atoms with Gasteiger partial charge in [-0.2, -0.15) is 0 Å². The van der Waals surface area contributed by atoms with E-state index in [-0.39, 0.29) is 5.41 Å². The van der Waals surface area contributed by atoms with Crippen LogP contribution in [0.1, 0.15) is 21.6 Å². The van der Waals surface area contributed by atoms with Crippen molar-refractivity contribution in [2.75, 3.05) is 13.2 Å². The summed E-state index contributed by atoms with van der Waals surface area (Å²) in [5.74, 6) is -0.914. The molecule has 2 aromatic rings. The van der Waals surface area contributed by atoms with Gasteiger partial charge in [-0.05, 0) is 29.8 Å². The lowest BCUT2D eigenvalue weighted by Crippen LogP contribution is -2.48. The SMILES string of the molecule is O=C(O)c1ccc(C2(c3ccccn3)COC2)cc1. The van der Waals surface area contributed by atoms with Crippen molar-refractivity contribution in [3.63, 3.8) is 0 Å². The molecule has 1 fully saturated rings. The van der Waals surface area contributed by atoms with Crippen LogP contribution in [0.2, 0.25) is 0 Å². The molecule has 0 bridgehead atoms. The van der Waals surface area contributed by atoms with Gasteiger partial charge in [0.15, 0.2) is 0 Å². The largest absolute Gasteiger partial charge is 0.478 e. The number of aromatic carboxylic acids is 1. The predicted molar refractivity (Wildman–Crippen MR) is 69.2 cm³/mol. The normalized spacial score (nSPS) is 16.6. The molecule has 1 aliphatic rings. The summed E-state index contributed by atoms with van der Waals surface area (Å²) in [6.07, 6.45) is 1.76. The molecule has 0 radical (unpaired) electrons. The van der Waals surface area contributed by atoms with Gasteiger partial charge in [0.05, 0.1) is 29.9 Å². The Balaban J connectivity index is 2.01. The number of pyridine rings is 1. The molecule has 4 heteroatoms. The Morgan fingerprint density at radius 1 is 1.16 bits per heavy atom. The van der Waals surface area contributed by atoms with Crippen LogP contribution in [-0.4, -0.2) is 29.3 Å². The molecule has 0 amide bonds. The Morgan fingerprint density at radius 2 is 1.89 bits per heavy atom. The van der Waals surface area contributed by atoms with Crippen LogP contribution in [-0.2, 0) is 10.2 Å². The standard InChI is InChI=1S/C15H13NO3/c17-14(18)11-4-6-12(7-5-11)15(9-19-10-15)13-3-1-2-8-16-13/h1-8H,9-10H2,(H,17,18). The number of benzene rings is 1. The number of hydrogen-bond acceptors (Lipinski definition) is 3. The average Bonchev–Trinajstić information content (AvgIpc) is 2.39. The van der Waals surface area contributed by atoms with Crippen molar-refractivity contribution in [3.05, 3.63) is 65.5 Å². The number of carbonyl (C=O) groups is 1. The summed E-state index contributed by atoms with van der Waals surface area (Å²) in [7, 11) is 0. The molecule has 0 saturated carbocycles. The summed E-state index contributed by atoms with van der Waals surface area (Å²) in [6.45, 7) is 1.16. The summed E-state index contributed by atoms with van der Waals surface area (Å²) in [6, 6.07) is 12.8. The van der Waals surface area contributed by atoms with Gasteiger partial charge in [-0.25, -0.2) is 4.79 Å². The summed E-state index contributed by atoms with van der Waals surface area (Å²) < 4.78 is 5.37. The Hall–Kier alpha value is -2.20. The lowest BCUT2D eigenvalue weighted by Gasteiger charge is -2.41.